The number of nitrogens with zero attached hydrogens (tertiary/aromatic N) is 3. The summed E-state index contributed by atoms with van der Waals surface area (Å²) in [7, 11) is 3.55. The van der Waals surface area contributed by atoms with Crippen LogP contribution in [0.25, 0.3) is 0 Å². The number of nitrogens with one attached hydrogen (secondary N) is 2. The number of carbonyl (C=O) groups excluding carboxylic acids is 1. The molecule has 1 unspecified atom stereocenters. The van der Waals surface area contributed by atoms with Gasteiger partial charge in [0.1, 0.15) is 5.76 Å². The summed E-state index contributed by atoms with van der Waals surface area (Å²) < 4.78 is 5.74. The van der Waals surface area contributed by atoms with Crippen LogP contribution < -0.4 is 10.6 Å². The molecule has 174 valence electrons. The molecule has 1 amide bonds. The van der Waals surface area contributed by atoms with Crippen LogP contribution in [0.3, 0.4) is 0 Å². The molecule has 7 nitrogen and oxygen atoms in total. The molecule has 2 aromatic rings. The predicted octanol–water partition coefficient (Wildman–Crippen LogP) is 3.31. The lowest BCUT2D eigenvalue weighted by atomic mass is 10.1. The van der Waals surface area contributed by atoms with E-state index in [0.29, 0.717) is 6.54 Å². The maximum absolute atomic E-state index is 12.2. The molecule has 0 aliphatic carbocycles. The van der Waals surface area contributed by atoms with Crippen molar-refractivity contribution in [3.8, 4) is 0 Å². The van der Waals surface area contributed by atoms with Gasteiger partial charge in [0.25, 0.3) is 5.91 Å². The van der Waals surface area contributed by atoms with Crippen LogP contribution >= 0.6 is 0 Å². The van der Waals surface area contributed by atoms with Crippen LogP contribution in [-0.4, -0.2) is 68.5 Å². The lowest BCUT2D eigenvalue weighted by Gasteiger charge is -2.32. The summed E-state index contributed by atoms with van der Waals surface area (Å²) in [6.07, 6.45) is 6.32. The third-order valence-electron chi connectivity index (χ3n) is 5.76. The Morgan fingerprint density at radius 3 is 2.66 bits per heavy atom. The van der Waals surface area contributed by atoms with Gasteiger partial charge in [0.05, 0.1) is 18.8 Å². The zero-order valence-electron chi connectivity index (χ0n) is 19.6. The fourth-order valence-corrected chi connectivity index (χ4v) is 4.06. The molecule has 0 saturated carbocycles. The van der Waals surface area contributed by atoms with Gasteiger partial charge in [-0.2, -0.15) is 0 Å². The Morgan fingerprint density at radius 2 is 1.97 bits per heavy atom. The summed E-state index contributed by atoms with van der Waals surface area (Å²) in [5.41, 5.74) is 1.85. The van der Waals surface area contributed by atoms with Crippen molar-refractivity contribution in [3.63, 3.8) is 0 Å². The van der Waals surface area contributed by atoms with Crippen molar-refractivity contribution in [1.29, 1.82) is 0 Å². The van der Waals surface area contributed by atoms with Gasteiger partial charge < -0.3 is 20.0 Å². The van der Waals surface area contributed by atoms with Gasteiger partial charge >= 0.3 is 0 Å². The Bertz CT molecular complexity index is 857. The monoisotopic (exact) mass is 439 g/mol. The molecule has 0 spiro atoms. The quantitative estimate of drug-likeness (QED) is 0.463. The predicted molar refractivity (Wildman–Crippen MR) is 129 cm³/mol. The van der Waals surface area contributed by atoms with E-state index < -0.39 is 0 Å². The Labute approximate surface area is 191 Å². The second kappa shape index (κ2) is 12.3. The number of rotatable bonds is 9. The van der Waals surface area contributed by atoms with Crippen LogP contribution in [0.4, 0.5) is 0 Å². The number of amides is 1. The first-order chi connectivity index (χ1) is 15.6. The Balaban J connectivity index is 1.60. The minimum atomic E-state index is 0.0244. The topological polar surface area (TPSA) is 73.1 Å². The second-order valence-electron chi connectivity index (χ2n) is 8.42. The summed E-state index contributed by atoms with van der Waals surface area (Å²) in [5.74, 6) is 1.81. The smallest absolute Gasteiger partial charge is 0.253 e. The number of hydrogen-bond acceptors (Lipinski definition) is 4. The van der Waals surface area contributed by atoms with Crippen LogP contribution in [0, 0.1) is 0 Å². The molecule has 1 atom stereocenters. The lowest BCUT2D eigenvalue weighted by molar-refractivity contribution is 0.0827. The average Bonchev–Trinajstić information content (AvgIpc) is 3.34. The van der Waals surface area contributed by atoms with Gasteiger partial charge in [0.15, 0.2) is 5.96 Å². The van der Waals surface area contributed by atoms with Crippen molar-refractivity contribution in [1.82, 2.24) is 20.4 Å². The number of aliphatic imine (C=N–C) groups is 1. The molecule has 32 heavy (non-hydrogen) atoms. The average molecular weight is 440 g/mol. The van der Waals surface area contributed by atoms with Crippen LogP contribution in [0.2, 0.25) is 0 Å². The molecule has 1 aromatic heterocycles. The number of guanidine groups is 1. The number of carbonyl (C=O) groups is 1. The highest BCUT2D eigenvalue weighted by Crippen LogP contribution is 2.25. The van der Waals surface area contributed by atoms with Gasteiger partial charge in [-0.3, -0.25) is 14.7 Å². The first kappa shape index (κ1) is 23.9. The highest BCUT2D eigenvalue weighted by atomic mass is 16.3. The standard InChI is InChI=1S/C25H37N5O2/c1-4-26-25(27-14-13-20-10-8-11-21(18-20)24(31)29(2)3)28-19-22(23-12-9-17-32-23)30-15-6-5-7-16-30/h8-12,17-18,22H,4-7,13-16,19H2,1-3H3,(H2,26,27,28). The molecule has 2 N–H and O–H groups in total. The Hall–Kier alpha value is -2.80. The van der Waals surface area contributed by atoms with E-state index in [-0.39, 0.29) is 11.9 Å². The molecular weight excluding hydrogens is 402 g/mol. The molecule has 1 saturated heterocycles. The number of likely N-dealkylation sites (tertiary alicyclic amines) is 1. The van der Waals surface area contributed by atoms with Crippen LogP contribution in [-0.2, 0) is 6.42 Å². The van der Waals surface area contributed by atoms with Crippen LogP contribution in [0.15, 0.2) is 52.1 Å². The van der Waals surface area contributed by atoms with Crippen molar-refractivity contribution in [3.05, 3.63) is 59.5 Å². The zero-order chi connectivity index (χ0) is 22.8. The highest BCUT2D eigenvalue weighted by molar-refractivity contribution is 5.94. The highest BCUT2D eigenvalue weighted by Gasteiger charge is 2.24. The van der Waals surface area contributed by atoms with Crippen LogP contribution in [0.1, 0.15) is 53.9 Å². The largest absolute Gasteiger partial charge is 0.468 e. The summed E-state index contributed by atoms with van der Waals surface area (Å²) in [6, 6.07) is 12.0. The van der Waals surface area contributed by atoms with Gasteiger partial charge in [-0.1, -0.05) is 18.6 Å². The normalized spacial score (nSPS) is 15.9. The second-order valence-corrected chi connectivity index (χ2v) is 8.42. The third kappa shape index (κ3) is 6.85. The lowest BCUT2D eigenvalue weighted by Crippen LogP contribution is -2.40. The Morgan fingerprint density at radius 1 is 1.16 bits per heavy atom. The van der Waals surface area contributed by atoms with Crippen molar-refractivity contribution >= 4 is 11.9 Å². The van der Waals surface area contributed by atoms with E-state index in [1.54, 1.807) is 25.3 Å². The fourth-order valence-electron chi connectivity index (χ4n) is 4.06. The van der Waals surface area contributed by atoms with Crippen molar-refractivity contribution in [2.24, 2.45) is 4.99 Å². The minimum Gasteiger partial charge on any atom is -0.468 e. The van der Waals surface area contributed by atoms with Gasteiger partial charge in [-0.05, 0) is 69.1 Å². The fraction of sp³-hybridized carbons (Fsp3) is 0.520. The van der Waals surface area contributed by atoms with Crippen molar-refractivity contribution in [2.75, 3.05) is 46.8 Å². The summed E-state index contributed by atoms with van der Waals surface area (Å²) in [6.45, 7) is 6.44. The molecule has 1 aliphatic rings. The van der Waals surface area contributed by atoms with E-state index in [0.717, 1.165) is 55.4 Å². The van der Waals surface area contributed by atoms with Crippen molar-refractivity contribution < 1.29 is 9.21 Å². The molecule has 3 rings (SSSR count). The van der Waals surface area contributed by atoms with Crippen molar-refractivity contribution in [2.45, 2.75) is 38.6 Å². The van der Waals surface area contributed by atoms with E-state index in [9.17, 15) is 4.79 Å². The molecule has 0 bridgehead atoms. The van der Waals surface area contributed by atoms with Gasteiger partial charge in [-0.25, -0.2) is 0 Å². The van der Waals surface area contributed by atoms with E-state index in [1.807, 2.05) is 24.3 Å². The summed E-state index contributed by atoms with van der Waals surface area (Å²) in [4.78, 5) is 21.2. The zero-order valence-corrected chi connectivity index (χ0v) is 19.6. The molecule has 1 fully saturated rings. The first-order valence-electron chi connectivity index (χ1n) is 11.7. The Kier molecular flexibility index (Phi) is 9.16. The van der Waals surface area contributed by atoms with E-state index in [1.165, 1.54) is 19.3 Å². The number of benzene rings is 1. The first-order valence-corrected chi connectivity index (χ1v) is 11.7. The molecule has 1 aromatic carbocycles. The number of hydrogen-bond donors (Lipinski definition) is 2. The number of furan rings is 1. The van der Waals surface area contributed by atoms with E-state index in [4.69, 9.17) is 9.41 Å². The SMILES string of the molecule is CCNC(=NCC(c1ccco1)N1CCCCC1)NCCc1cccc(C(=O)N(C)C)c1. The molecule has 1 aliphatic heterocycles. The molecule has 0 radical (unpaired) electrons. The molecular formula is C25H37N5O2. The van der Waals surface area contributed by atoms with Gasteiger partial charge in [-0.15, -0.1) is 0 Å². The van der Waals surface area contributed by atoms with Crippen LogP contribution in [0.5, 0.6) is 0 Å². The van der Waals surface area contributed by atoms with E-state index >= 15 is 0 Å². The molecule has 7 heteroatoms. The summed E-state index contributed by atoms with van der Waals surface area (Å²) in [5, 5.41) is 6.78. The maximum Gasteiger partial charge on any atom is 0.253 e. The minimum absolute atomic E-state index is 0.0244. The number of piperidine rings is 1. The van der Waals surface area contributed by atoms with Gasteiger partial charge in [0.2, 0.25) is 0 Å². The van der Waals surface area contributed by atoms with Gasteiger partial charge in [0, 0.05) is 32.7 Å². The molecule has 2 heterocycles. The summed E-state index contributed by atoms with van der Waals surface area (Å²) >= 11 is 0. The maximum atomic E-state index is 12.2. The van der Waals surface area contributed by atoms with E-state index in [2.05, 4.69) is 34.6 Å². The third-order valence-corrected chi connectivity index (χ3v) is 5.76.